The maximum absolute atomic E-state index is 5.40. The first-order valence-corrected chi connectivity index (χ1v) is 8.56. The monoisotopic (exact) mass is 352 g/mol. The summed E-state index contributed by atoms with van der Waals surface area (Å²) in [6.45, 7) is 0.261. The van der Waals surface area contributed by atoms with E-state index in [2.05, 4.69) is 32.2 Å². The van der Waals surface area contributed by atoms with Crippen LogP contribution in [0.2, 0.25) is 0 Å². The van der Waals surface area contributed by atoms with E-state index in [9.17, 15) is 0 Å². The van der Waals surface area contributed by atoms with Crippen molar-refractivity contribution in [2.24, 2.45) is 4.99 Å². The molecule has 0 aliphatic carbocycles. The van der Waals surface area contributed by atoms with Crippen LogP contribution in [0.1, 0.15) is 5.56 Å². The summed E-state index contributed by atoms with van der Waals surface area (Å²) in [5.41, 5.74) is 3.11. The molecule has 0 N–H and O–H groups in total. The molecule has 1 aromatic heterocycles. The lowest BCUT2D eigenvalue weighted by atomic mass is 10.2. The molecular formula is C18H16N4O2S. The molecule has 0 atom stereocenters. The number of anilines is 1. The zero-order valence-electron chi connectivity index (χ0n) is 13.8. The van der Waals surface area contributed by atoms with Crippen LogP contribution in [-0.4, -0.2) is 37.3 Å². The van der Waals surface area contributed by atoms with Crippen molar-refractivity contribution in [3.8, 4) is 22.1 Å². The number of nitrogens with zero attached hydrogens (tertiary/aromatic N) is 4. The molecule has 0 fully saturated rings. The molecule has 4 rings (SSSR count). The highest BCUT2D eigenvalue weighted by atomic mass is 32.1. The first-order chi connectivity index (χ1) is 12.2. The predicted molar refractivity (Wildman–Crippen MR) is 99.5 cm³/mol. The van der Waals surface area contributed by atoms with E-state index in [0.29, 0.717) is 5.13 Å². The van der Waals surface area contributed by atoms with Gasteiger partial charge in [-0.15, -0.1) is 10.2 Å². The molecular weight excluding hydrogens is 336 g/mol. The highest BCUT2D eigenvalue weighted by Gasteiger charge is 2.15. The summed E-state index contributed by atoms with van der Waals surface area (Å²) in [7, 11) is 4.03. The van der Waals surface area contributed by atoms with Gasteiger partial charge in [-0.05, 0) is 35.9 Å². The molecule has 1 aliphatic heterocycles. The fourth-order valence-corrected chi connectivity index (χ4v) is 3.09. The molecule has 3 aromatic rings. The van der Waals surface area contributed by atoms with Gasteiger partial charge >= 0.3 is 0 Å². The second-order valence-corrected chi connectivity index (χ2v) is 6.66. The van der Waals surface area contributed by atoms with E-state index in [4.69, 9.17) is 9.47 Å². The Morgan fingerprint density at radius 2 is 1.84 bits per heavy atom. The molecule has 6 nitrogen and oxygen atoms in total. The summed E-state index contributed by atoms with van der Waals surface area (Å²) >= 11 is 1.43. The smallest absolute Gasteiger partial charge is 0.231 e. The third-order valence-corrected chi connectivity index (χ3v) is 4.65. The normalized spacial score (nSPS) is 12.7. The van der Waals surface area contributed by atoms with E-state index in [0.717, 1.165) is 33.3 Å². The third-order valence-electron chi connectivity index (χ3n) is 3.77. The van der Waals surface area contributed by atoms with E-state index >= 15 is 0 Å². The van der Waals surface area contributed by atoms with E-state index in [1.165, 1.54) is 11.3 Å². The number of benzene rings is 2. The third kappa shape index (κ3) is 3.32. The number of fused-ring (bicyclic) bond motifs is 1. The van der Waals surface area contributed by atoms with Crippen molar-refractivity contribution in [3.05, 3.63) is 48.0 Å². The van der Waals surface area contributed by atoms with Crippen LogP contribution in [0.25, 0.3) is 10.6 Å². The standard InChI is InChI=1S/C18H16N4O2S/c1-22(2)14-6-3-12(4-7-14)10-19-18-21-20-17(25-18)13-5-8-15-16(9-13)24-11-23-15/h3-10H,11H2,1-2H3. The van der Waals surface area contributed by atoms with Gasteiger partial charge in [0.05, 0.1) is 0 Å². The van der Waals surface area contributed by atoms with E-state index < -0.39 is 0 Å². The molecule has 0 bridgehead atoms. The van der Waals surface area contributed by atoms with Crippen LogP contribution >= 0.6 is 11.3 Å². The Labute approximate surface area is 149 Å². The summed E-state index contributed by atoms with van der Waals surface area (Å²) in [5.74, 6) is 1.49. The van der Waals surface area contributed by atoms with Gasteiger partial charge in [0.1, 0.15) is 5.01 Å². The van der Waals surface area contributed by atoms with Crippen LogP contribution in [0, 0.1) is 0 Å². The molecule has 0 saturated heterocycles. The Kier molecular flexibility index (Phi) is 4.07. The molecule has 2 aromatic carbocycles. The molecule has 0 spiro atoms. The fraction of sp³-hybridized carbons (Fsp3) is 0.167. The fourth-order valence-electron chi connectivity index (χ4n) is 2.40. The van der Waals surface area contributed by atoms with Gasteiger partial charge in [-0.1, -0.05) is 23.5 Å². The number of hydrogen-bond donors (Lipinski definition) is 0. The van der Waals surface area contributed by atoms with Gasteiger partial charge in [0, 0.05) is 31.6 Å². The summed E-state index contributed by atoms with van der Waals surface area (Å²) in [4.78, 5) is 6.48. The highest BCUT2D eigenvalue weighted by molar-refractivity contribution is 7.18. The van der Waals surface area contributed by atoms with Gasteiger partial charge in [0.2, 0.25) is 11.9 Å². The van der Waals surface area contributed by atoms with Crippen molar-refractivity contribution in [3.63, 3.8) is 0 Å². The van der Waals surface area contributed by atoms with Crippen molar-refractivity contribution < 1.29 is 9.47 Å². The summed E-state index contributed by atoms with van der Waals surface area (Å²) in [6.07, 6.45) is 1.80. The second kappa shape index (κ2) is 6.52. The van der Waals surface area contributed by atoms with Crippen LogP contribution in [0.4, 0.5) is 10.8 Å². The van der Waals surface area contributed by atoms with Gasteiger partial charge in [0.25, 0.3) is 0 Å². The summed E-state index contributed by atoms with van der Waals surface area (Å²) < 4.78 is 10.7. The minimum atomic E-state index is 0.261. The Hall–Kier alpha value is -2.93. The number of aliphatic imine (C=N–C) groups is 1. The average molecular weight is 352 g/mol. The zero-order valence-corrected chi connectivity index (χ0v) is 14.7. The minimum absolute atomic E-state index is 0.261. The largest absolute Gasteiger partial charge is 0.454 e. The molecule has 7 heteroatoms. The molecule has 2 heterocycles. The quantitative estimate of drug-likeness (QED) is 0.669. The minimum Gasteiger partial charge on any atom is -0.454 e. The molecule has 126 valence electrons. The lowest BCUT2D eigenvalue weighted by Gasteiger charge is -2.11. The first kappa shape index (κ1) is 15.6. The molecule has 25 heavy (non-hydrogen) atoms. The SMILES string of the molecule is CN(C)c1ccc(C=Nc2nnc(-c3ccc4c(c3)OCO4)s2)cc1. The molecule has 0 radical (unpaired) electrons. The van der Waals surface area contributed by atoms with Crippen LogP contribution in [0.5, 0.6) is 11.5 Å². The van der Waals surface area contributed by atoms with E-state index in [1.807, 2.05) is 44.4 Å². The Morgan fingerprint density at radius 1 is 1.04 bits per heavy atom. The van der Waals surface area contributed by atoms with Gasteiger partial charge in [0.15, 0.2) is 11.5 Å². The zero-order chi connectivity index (χ0) is 17.2. The number of rotatable bonds is 4. The van der Waals surface area contributed by atoms with Gasteiger partial charge < -0.3 is 14.4 Å². The average Bonchev–Trinajstić information content (AvgIpc) is 3.28. The highest BCUT2D eigenvalue weighted by Crippen LogP contribution is 2.37. The topological polar surface area (TPSA) is 59.8 Å². The van der Waals surface area contributed by atoms with Crippen LogP contribution < -0.4 is 14.4 Å². The maximum atomic E-state index is 5.40. The second-order valence-electron chi connectivity index (χ2n) is 5.70. The van der Waals surface area contributed by atoms with Crippen molar-refractivity contribution in [2.45, 2.75) is 0 Å². The number of aromatic nitrogens is 2. The molecule has 0 amide bonds. The summed E-state index contributed by atoms with van der Waals surface area (Å²) in [5, 5.41) is 9.77. The number of ether oxygens (including phenoxy) is 2. The predicted octanol–water partition coefficient (Wildman–Crippen LogP) is 3.75. The van der Waals surface area contributed by atoms with Crippen molar-refractivity contribution in [2.75, 3.05) is 25.8 Å². The van der Waals surface area contributed by atoms with Crippen molar-refractivity contribution in [1.29, 1.82) is 0 Å². The maximum Gasteiger partial charge on any atom is 0.231 e. The lowest BCUT2D eigenvalue weighted by Crippen LogP contribution is -2.08. The Balaban J connectivity index is 1.51. The number of hydrogen-bond acceptors (Lipinski definition) is 7. The molecule has 1 aliphatic rings. The van der Waals surface area contributed by atoms with E-state index in [-0.39, 0.29) is 6.79 Å². The Morgan fingerprint density at radius 3 is 2.64 bits per heavy atom. The van der Waals surface area contributed by atoms with Gasteiger partial charge in [-0.25, -0.2) is 4.99 Å². The molecule has 0 unspecified atom stereocenters. The van der Waals surface area contributed by atoms with Crippen molar-refractivity contribution in [1.82, 2.24) is 10.2 Å². The van der Waals surface area contributed by atoms with Crippen LogP contribution in [0.15, 0.2) is 47.5 Å². The first-order valence-electron chi connectivity index (χ1n) is 7.74. The Bertz CT molecular complexity index is 919. The van der Waals surface area contributed by atoms with Crippen molar-refractivity contribution >= 4 is 28.4 Å². The van der Waals surface area contributed by atoms with Gasteiger partial charge in [-0.2, -0.15) is 0 Å². The van der Waals surface area contributed by atoms with Gasteiger partial charge in [-0.3, -0.25) is 0 Å². The molecule has 0 saturated carbocycles. The summed E-state index contributed by atoms with van der Waals surface area (Å²) in [6, 6.07) is 13.9. The van der Waals surface area contributed by atoms with Crippen LogP contribution in [-0.2, 0) is 0 Å². The lowest BCUT2D eigenvalue weighted by molar-refractivity contribution is 0.174. The van der Waals surface area contributed by atoms with E-state index in [1.54, 1.807) is 6.21 Å². The van der Waals surface area contributed by atoms with Crippen LogP contribution in [0.3, 0.4) is 0 Å².